The van der Waals surface area contributed by atoms with Crippen molar-refractivity contribution >= 4 is 17.3 Å². The quantitative estimate of drug-likeness (QED) is 0.922. The number of nitrogens with two attached hydrogens (primary N) is 1. The van der Waals surface area contributed by atoms with Crippen LogP contribution in [0.25, 0.3) is 0 Å². The molecule has 3 rings (SSSR count). The average molecular weight is 306 g/mol. The van der Waals surface area contributed by atoms with Crippen molar-refractivity contribution in [1.29, 1.82) is 0 Å². The molecule has 1 aliphatic carbocycles. The number of nitrogens with zero attached hydrogens (tertiary/aromatic N) is 2. The van der Waals surface area contributed by atoms with Gasteiger partial charge in [0, 0.05) is 17.5 Å². The molecule has 0 bridgehead atoms. The van der Waals surface area contributed by atoms with E-state index in [0.29, 0.717) is 23.2 Å². The fraction of sp³-hybridized carbons (Fsp3) is 0.438. The molecule has 0 unspecified atom stereocenters. The number of benzene rings is 1. The summed E-state index contributed by atoms with van der Waals surface area (Å²) in [6.45, 7) is 3.44. The van der Waals surface area contributed by atoms with Crippen LogP contribution >= 0.6 is 11.6 Å². The predicted octanol–water partition coefficient (Wildman–Crippen LogP) is 3.22. The van der Waals surface area contributed by atoms with Gasteiger partial charge in [-0.3, -0.25) is 9.48 Å². The van der Waals surface area contributed by atoms with Gasteiger partial charge in [0.1, 0.15) is 5.69 Å². The Balaban J connectivity index is 2.04. The Morgan fingerprint density at radius 3 is 2.71 bits per heavy atom. The Labute approximate surface area is 129 Å². The Morgan fingerprint density at radius 2 is 2.10 bits per heavy atom. The minimum absolute atomic E-state index is 0.0784. The maximum absolute atomic E-state index is 12.5. The first-order valence-corrected chi connectivity index (χ1v) is 7.83. The first kappa shape index (κ1) is 14.3. The third-order valence-corrected chi connectivity index (χ3v) is 4.17. The van der Waals surface area contributed by atoms with Crippen LogP contribution in [0.4, 0.5) is 5.69 Å². The molecule has 1 saturated carbocycles. The van der Waals surface area contributed by atoms with Crippen LogP contribution in [0.2, 0.25) is 5.02 Å². The standard InChI is InChI=1S/C16H20ClN3O/c1-2-8-19-15(12-6-7-12)14(18)16(21)20(19)10-11-4-3-5-13(17)9-11/h3-5,9,12H,2,6-8,10,18H2,1H3. The molecule has 2 N–H and O–H groups in total. The van der Waals surface area contributed by atoms with Crippen molar-refractivity contribution in [2.24, 2.45) is 0 Å². The van der Waals surface area contributed by atoms with E-state index in [1.165, 1.54) is 0 Å². The van der Waals surface area contributed by atoms with Crippen LogP contribution in [0.5, 0.6) is 0 Å². The number of anilines is 1. The summed E-state index contributed by atoms with van der Waals surface area (Å²) in [5.74, 6) is 0.463. The second-order valence-corrected chi connectivity index (χ2v) is 6.13. The molecule has 0 atom stereocenters. The number of nitrogen functional groups attached to an aromatic ring is 1. The lowest BCUT2D eigenvalue weighted by molar-refractivity contribution is 0.450. The van der Waals surface area contributed by atoms with E-state index < -0.39 is 0 Å². The highest BCUT2D eigenvalue weighted by Crippen LogP contribution is 2.42. The summed E-state index contributed by atoms with van der Waals surface area (Å²) in [6, 6.07) is 7.61. The maximum atomic E-state index is 12.5. The van der Waals surface area contributed by atoms with Gasteiger partial charge in [-0.25, -0.2) is 4.68 Å². The molecule has 1 fully saturated rings. The van der Waals surface area contributed by atoms with E-state index in [1.54, 1.807) is 4.68 Å². The highest BCUT2D eigenvalue weighted by molar-refractivity contribution is 6.30. The smallest absolute Gasteiger partial charge is 0.290 e. The second kappa shape index (κ2) is 5.60. The zero-order chi connectivity index (χ0) is 15.0. The lowest BCUT2D eigenvalue weighted by atomic mass is 10.2. The van der Waals surface area contributed by atoms with Crippen LogP contribution < -0.4 is 11.3 Å². The van der Waals surface area contributed by atoms with Gasteiger partial charge in [-0.2, -0.15) is 0 Å². The van der Waals surface area contributed by atoms with Gasteiger partial charge < -0.3 is 5.73 Å². The molecule has 1 heterocycles. The Kier molecular flexibility index (Phi) is 3.81. The number of aromatic nitrogens is 2. The molecular weight excluding hydrogens is 286 g/mol. The van der Waals surface area contributed by atoms with Gasteiger partial charge in [0.25, 0.3) is 5.56 Å². The first-order chi connectivity index (χ1) is 10.1. The molecule has 0 radical (unpaired) electrons. The molecule has 0 aliphatic heterocycles. The van der Waals surface area contributed by atoms with E-state index >= 15 is 0 Å². The van der Waals surface area contributed by atoms with Gasteiger partial charge in [-0.05, 0) is 37.0 Å². The first-order valence-electron chi connectivity index (χ1n) is 7.45. The highest BCUT2D eigenvalue weighted by atomic mass is 35.5. The van der Waals surface area contributed by atoms with Crippen LogP contribution in [0.15, 0.2) is 29.1 Å². The predicted molar refractivity (Wildman–Crippen MR) is 85.9 cm³/mol. The van der Waals surface area contributed by atoms with Gasteiger partial charge in [-0.1, -0.05) is 30.7 Å². The van der Waals surface area contributed by atoms with Crippen molar-refractivity contribution in [3.8, 4) is 0 Å². The van der Waals surface area contributed by atoms with E-state index in [-0.39, 0.29) is 5.56 Å². The molecule has 0 amide bonds. The van der Waals surface area contributed by atoms with Crippen molar-refractivity contribution < 1.29 is 0 Å². The van der Waals surface area contributed by atoms with Crippen LogP contribution in [0.3, 0.4) is 0 Å². The van der Waals surface area contributed by atoms with Crippen LogP contribution in [-0.4, -0.2) is 9.36 Å². The Morgan fingerprint density at radius 1 is 1.33 bits per heavy atom. The molecule has 112 valence electrons. The molecule has 4 nitrogen and oxygen atoms in total. The minimum Gasteiger partial charge on any atom is -0.393 e. The summed E-state index contributed by atoms with van der Waals surface area (Å²) < 4.78 is 3.84. The third-order valence-electron chi connectivity index (χ3n) is 3.93. The zero-order valence-corrected chi connectivity index (χ0v) is 12.9. The van der Waals surface area contributed by atoms with Crippen molar-refractivity contribution in [2.75, 3.05) is 5.73 Å². The molecule has 21 heavy (non-hydrogen) atoms. The normalized spacial score (nSPS) is 14.6. The molecule has 0 spiro atoms. The van der Waals surface area contributed by atoms with Crippen molar-refractivity contribution in [3.63, 3.8) is 0 Å². The summed E-state index contributed by atoms with van der Waals surface area (Å²) in [7, 11) is 0. The van der Waals surface area contributed by atoms with E-state index in [1.807, 2.05) is 24.3 Å². The molecule has 1 aliphatic rings. The molecule has 1 aromatic carbocycles. The van der Waals surface area contributed by atoms with Gasteiger partial charge in [0.15, 0.2) is 0 Å². The highest BCUT2D eigenvalue weighted by Gasteiger charge is 2.32. The van der Waals surface area contributed by atoms with E-state index in [2.05, 4.69) is 11.6 Å². The topological polar surface area (TPSA) is 52.9 Å². The van der Waals surface area contributed by atoms with Crippen molar-refractivity contribution in [3.05, 3.63) is 50.9 Å². The minimum atomic E-state index is -0.0784. The third kappa shape index (κ3) is 2.72. The summed E-state index contributed by atoms with van der Waals surface area (Å²) >= 11 is 6.03. The number of hydrogen-bond acceptors (Lipinski definition) is 2. The van der Waals surface area contributed by atoms with Crippen LogP contribution in [-0.2, 0) is 13.1 Å². The Hall–Kier alpha value is -1.68. The fourth-order valence-corrected chi connectivity index (χ4v) is 3.05. The molecular formula is C16H20ClN3O. The van der Waals surface area contributed by atoms with Crippen molar-refractivity contribution in [2.45, 2.75) is 45.2 Å². The van der Waals surface area contributed by atoms with Crippen LogP contribution in [0, 0.1) is 0 Å². The summed E-state index contributed by atoms with van der Waals surface area (Å²) in [5.41, 5.74) is 8.47. The summed E-state index contributed by atoms with van der Waals surface area (Å²) in [4.78, 5) is 12.5. The monoisotopic (exact) mass is 305 g/mol. The average Bonchev–Trinajstić information content (AvgIpc) is 3.25. The van der Waals surface area contributed by atoms with E-state index in [4.69, 9.17) is 17.3 Å². The molecule has 5 heteroatoms. The van der Waals surface area contributed by atoms with Gasteiger partial charge in [0.2, 0.25) is 0 Å². The number of halogens is 1. The SMILES string of the molecule is CCCn1c(C2CC2)c(N)c(=O)n1Cc1cccc(Cl)c1. The van der Waals surface area contributed by atoms with E-state index in [9.17, 15) is 4.79 Å². The number of rotatable bonds is 5. The maximum Gasteiger partial charge on any atom is 0.290 e. The van der Waals surface area contributed by atoms with Gasteiger partial charge in [0.05, 0.1) is 12.2 Å². The van der Waals surface area contributed by atoms with Gasteiger partial charge in [-0.15, -0.1) is 0 Å². The summed E-state index contributed by atoms with van der Waals surface area (Å²) in [6.07, 6.45) is 3.24. The largest absolute Gasteiger partial charge is 0.393 e. The molecule has 2 aromatic rings. The van der Waals surface area contributed by atoms with Crippen molar-refractivity contribution in [1.82, 2.24) is 9.36 Å². The molecule has 0 saturated heterocycles. The fourth-order valence-electron chi connectivity index (χ4n) is 2.83. The lowest BCUT2D eigenvalue weighted by Gasteiger charge is -2.14. The number of hydrogen-bond donors (Lipinski definition) is 1. The van der Waals surface area contributed by atoms with Gasteiger partial charge >= 0.3 is 0 Å². The van der Waals surface area contributed by atoms with Crippen LogP contribution in [0.1, 0.15) is 43.4 Å². The van der Waals surface area contributed by atoms with E-state index in [0.717, 1.165) is 37.1 Å². The second-order valence-electron chi connectivity index (χ2n) is 5.69. The molecule has 1 aromatic heterocycles. The summed E-state index contributed by atoms with van der Waals surface area (Å²) in [5, 5.41) is 0.685. The lowest BCUT2D eigenvalue weighted by Crippen LogP contribution is -2.25. The zero-order valence-electron chi connectivity index (χ0n) is 12.2. The Bertz CT molecular complexity index is 713.